The zero-order chi connectivity index (χ0) is 10.7. The third-order valence-corrected chi connectivity index (χ3v) is 3.24. The molecule has 0 saturated heterocycles. The SMILES string of the molecule is CCOc1ccc(-c2ccc(C)s2)cc1. The summed E-state index contributed by atoms with van der Waals surface area (Å²) in [6, 6.07) is 12.6. The van der Waals surface area contributed by atoms with E-state index in [9.17, 15) is 0 Å². The summed E-state index contributed by atoms with van der Waals surface area (Å²) >= 11 is 1.82. The second-order valence-electron chi connectivity index (χ2n) is 3.37. The van der Waals surface area contributed by atoms with Crippen LogP contribution in [-0.2, 0) is 0 Å². The van der Waals surface area contributed by atoms with Gasteiger partial charge in [0.1, 0.15) is 5.75 Å². The van der Waals surface area contributed by atoms with E-state index in [2.05, 4.69) is 31.2 Å². The highest BCUT2D eigenvalue weighted by molar-refractivity contribution is 7.15. The Hall–Kier alpha value is -1.28. The normalized spacial score (nSPS) is 10.3. The molecule has 0 aliphatic carbocycles. The monoisotopic (exact) mass is 218 g/mol. The molecular weight excluding hydrogens is 204 g/mol. The Kier molecular flexibility index (Phi) is 3.07. The van der Waals surface area contributed by atoms with Gasteiger partial charge in [-0.15, -0.1) is 11.3 Å². The predicted molar refractivity (Wildman–Crippen MR) is 65.7 cm³/mol. The van der Waals surface area contributed by atoms with Gasteiger partial charge in [-0.1, -0.05) is 0 Å². The minimum absolute atomic E-state index is 0.720. The zero-order valence-corrected chi connectivity index (χ0v) is 9.80. The van der Waals surface area contributed by atoms with Gasteiger partial charge in [-0.2, -0.15) is 0 Å². The van der Waals surface area contributed by atoms with Crippen LogP contribution in [0.1, 0.15) is 11.8 Å². The molecule has 1 nitrogen and oxygen atoms in total. The largest absolute Gasteiger partial charge is 0.494 e. The van der Waals surface area contributed by atoms with Crippen molar-refractivity contribution in [2.24, 2.45) is 0 Å². The summed E-state index contributed by atoms with van der Waals surface area (Å²) < 4.78 is 5.41. The highest BCUT2D eigenvalue weighted by Gasteiger charge is 2.00. The lowest BCUT2D eigenvalue weighted by molar-refractivity contribution is 0.340. The van der Waals surface area contributed by atoms with E-state index < -0.39 is 0 Å². The van der Waals surface area contributed by atoms with Gasteiger partial charge in [0.2, 0.25) is 0 Å². The van der Waals surface area contributed by atoms with E-state index in [1.54, 1.807) is 0 Å². The molecule has 0 bridgehead atoms. The highest BCUT2D eigenvalue weighted by atomic mass is 32.1. The summed E-state index contributed by atoms with van der Waals surface area (Å²) in [6.45, 7) is 4.84. The van der Waals surface area contributed by atoms with E-state index in [0.717, 1.165) is 12.4 Å². The number of hydrogen-bond acceptors (Lipinski definition) is 2. The maximum absolute atomic E-state index is 5.41. The molecule has 0 amide bonds. The van der Waals surface area contributed by atoms with Crippen LogP contribution in [0.2, 0.25) is 0 Å². The molecule has 78 valence electrons. The molecule has 0 radical (unpaired) electrons. The van der Waals surface area contributed by atoms with Gasteiger partial charge in [-0.05, 0) is 55.8 Å². The average Bonchev–Trinajstić information content (AvgIpc) is 2.67. The van der Waals surface area contributed by atoms with Gasteiger partial charge in [-0.25, -0.2) is 0 Å². The number of aryl methyl sites for hydroxylation is 1. The first-order valence-corrected chi connectivity index (χ1v) is 5.91. The van der Waals surface area contributed by atoms with Crippen molar-refractivity contribution in [1.29, 1.82) is 0 Å². The van der Waals surface area contributed by atoms with Crippen molar-refractivity contribution in [2.45, 2.75) is 13.8 Å². The summed E-state index contributed by atoms with van der Waals surface area (Å²) in [5, 5.41) is 0. The number of rotatable bonds is 3. The second-order valence-corrected chi connectivity index (χ2v) is 4.66. The molecule has 0 aliphatic rings. The lowest BCUT2D eigenvalue weighted by atomic mass is 10.2. The van der Waals surface area contributed by atoms with Crippen molar-refractivity contribution >= 4 is 11.3 Å². The first-order chi connectivity index (χ1) is 7.29. The summed E-state index contributed by atoms with van der Waals surface area (Å²) in [5.74, 6) is 0.939. The number of hydrogen-bond donors (Lipinski definition) is 0. The van der Waals surface area contributed by atoms with Crippen LogP contribution < -0.4 is 4.74 Å². The van der Waals surface area contributed by atoms with Crippen LogP contribution in [0.15, 0.2) is 36.4 Å². The van der Waals surface area contributed by atoms with Crippen LogP contribution in [0, 0.1) is 6.92 Å². The van der Waals surface area contributed by atoms with Crippen molar-refractivity contribution in [3.63, 3.8) is 0 Å². The molecule has 0 atom stereocenters. The number of ether oxygens (including phenoxy) is 1. The summed E-state index contributed by atoms with van der Waals surface area (Å²) in [6.07, 6.45) is 0. The van der Waals surface area contributed by atoms with E-state index in [4.69, 9.17) is 4.74 Å². The predicted octanol–water partition coefficient (Wildman–Crippen LogP) is 4.12. The van der Waals surface area contributed by atoms with Crippen molar-refractivity contribution in [2.75, 3.05) is 6.61 Å². The third kappa shape index (κ3) is 2.39. The van der Waals surface area contributed by atoms with Gasteiger partial charge >= 0.3 is 0 Å². The Labute approximate surface area is 94.3 Å². The molecular formula is C13H14OS. The van der Waals surface area contributed by atoms with Crippen LogP contribution >= 0.6 is 11.3 Å². The fourth-order valence-corrected chi connectivity index (χ4v) is 2.34. The molecule has 15 heavy (non-hydrogen) atoms. The van der Waals surface area contributed by atoms with E-state index >= 15 is 0 Å². The Balaban J connectivity index is 2.23. The molecule has 0 saturated carbocycles. The zero-order valence-electron chi connectivity index (χ0n) is 8.99. The van der Waals surface area contributed by atoms with Gasteiger partial charge in [0, 0.05) is 9.75 Å². The second kappa shape index (κ2) is 4.49. The number of thiophene rings is 1. The summed E-state index contributed by atoms with van der Waals surface area (Å²) in [4.78, 5) is 2.66. The van der Waals surface area contributed by atoms with Gasteiger partial charge in [0.25, 0.3) is 0 Å². The molecule has 2 aromatic rings. The smallest absolute Gasteiger partial charge is 0.119 e. The van der Waals surface area contributed by atoms with Crippen LogP contribution in [0.4, 0.5) is 0 Å². The molecule has 2 heteroatoms. The first-order valence-electron chi connectivity index (χ1n) is 5.09. The lowest BCUT2D eigenvalue weighted by Gasteiger charge is -2.03. The minimum Gasteiger partial charge on any atom is -0.494 e. The molecule has 2 rings (SSSR count). The molecule has 1 aromatic heterocycles. The lowest BCUT2D eigenvalue weighted by Crippen LogP contribution is -1.90. The van der Waals surface area contributed by atoms with Crippen molar-refractivity contribution in [1.82, 2.24) is 0 Å². The van der Waals surface area contributed by atoms with Crippen LogP contribution in [0.5, 0.6) is 5.75 Å². The van der Waals surface area contributed by atoms with E-state index in [1.807, 2.05) is 30.4 Å². The summed E-state index contributed by atoms with van der Waals surface area (Å²) in [7, 11) is 0. The van der Waals surface area contributed by atoms with Gasteiger partial charge in [0.15, 0.2) is 0 Å². The van der Waals surface area contributed by atoms with Crippen molar-refractivity contribution < 1.29 is 4.74 Å². The molecule has 1 heterocycles. The first kappa shape index (κ1) is 10.2. The van der Waals surface area contributed by atoms with Gasteiger partial charge < -0.3 is 4.74 Å². The topological polar surface area (TPSA) is 9.23 Å². The van der Waals surface area contributed by atoms with Gasteiger partial charge in [0.05, 0.1) is 6.61 Å². The molecule has 0 N–H and O–H groups in total. The van der Waals surface area contributed by atoms with E-state index in [-0.39, 0.29) is 0 Å². The maximum atomic E-state index is 5.41. The Bertz CT molecular complexity index is 428. The summed E-state index contributed by atoms with van der Waals surface area (Å²) in [5.41, 5.74) is 1.26. The molecule has 0 spiro atoms. The quantitative estimate of drug-likeness (QED) is 0.753. The molecule has 0 fully saturated rings. The Morgan fingerprint density at radius 1 is 1.07 bits per heavy atom. The van der Waals surface area contributed by atoms with Crippen molar-refractivity contribution in [3.8, 4) is 16.2 Å². The fourth-order valence-electron chi connectivity index (χ4n) is 1.47. The highest BCUT2D eigenvalue weighted by Crippen LogP contribution is 2.28. The fraction of sp³-hybridized carbons (Fsp3) is 0.231. The van der Waals surface area contributed by atoms with E-state index in [1.165, 1.54) is 15.3 Å². The molecule has 1 aromatic carbocycles. The Morgan fingerprint density at radius 2 is 1.80 bits per heavy atom. The van der Waals surface area contributed by atoms with E-state index in [0.29, 0.717) is 0 Å². The number of benzene rings is 1. The van der Waals surface area contributed by atoms with Crippen LogP contribution in [0.3, 0.4) is 0 Å². The third-order valence-electron chi connectivity index (χ3n) is 2.19. The molecule has 0 aliphatic heterocycles. The standard InChI is InChI=1S/C13H14OS/c1-3-14-12-7-5-11(6-8-12)13-9-4-10(2)15-13/h4-9H,3H2,1-2H3. The van der Waals surface area contributed by atoms with Crippen LogP contribution in [0.25, 0.3) is 10.4 Å². The Morgan fingerprint density at radius 3 is 2.33 bits per heavy atom. The maximum Gasteiger partial charge on any atom is 0.119 e. The molecule has 0 unspecified atom stereocenters. The van der Waals surface area contributed by atoms with Gasteiger partial charge in [-0.3, -0.25) is 0 Å². The minimum atomic E-state index is 0.720. The van der Waals surface area contributed by atoms with Crippen molar-refractivity contribution in [3.05, 3.63) is 41.3 Å². The average molecular weight is 218 g/mol. The van der Waals surface area contributed by atoms with Crippen LogP contribution in [-0.4, -0.2) is 6.61 Å².